The van der Waals surface area contributed by atoms with E-state index in [1.165, 1.54) is 0 Å². The van der Waals surface area contributed by atoms with Gasteiger partial charge in [0.1, 0.15) is 0 Å². The molecule has 1 aliphatic rings. The van der Waals surface area contributed by atoms with Crippen molar-refractivity contribution in [3.8, 4) is 0 Å². The maximum atomic E-state index is 13.1. The average molecular weight is 329 g/mol. The Morgan fingerprint density at radius 3 is 2.35 bits per heavy atom. The number of carbonyl (C=O) groups excluding carboxylic acids is 1. The van der Waals surface area contributed by atoms with Crippen molar-refractivity contribution >= 4 is 17.5 Å². The molecular formula is C19H21ClN2O. The molecule has 1 saturated carbocycles. The van der Waals surface area contributed by atoms with Crippen LogP contribution in [-0.2, 0) is 10.2 Å². The molecule has 1 heterocycles. The maximum absolute atomic E-state index is 13.1. The molecule has 0 saturated heterocycles. The standard InChI is InChI=1S/C19H21ClN2O/c1-14(15-8-12-21-13-9-15)22-18(23)19(10-2-3-11-19)16-4-6-17(20)7-5-16/h4-9,12-14H,2-3,10-11H2,1H3,(H,22,23). The van der Waals surface area contributed by atoms with Crippen LogP contribution in [0.4, 0.5) is 0 Å². The van der Waals surface area contributed by atoms with Gasteiger partial charge in [0, 0.05) is 17.4 Å². The Balaban J connectivity index is 1.83. The Bertz CT molecular complexity index is 664. The smallest absolute Gasteiger partial charge is 0.231 e. The number of hydrogen-bond acceptors (Lipinski definition) is 2. The molecule has 23 heavy (non-hydrogen) atoms. The lowest BCUT2D eigenvalue weighted by atomic mass is 9.77. The van der Waals surface area contributed by atoms with Crippen LogP contribution in [0.1, 0.15) is 49.8 Å². The first-order valence-electron chi connectivity index (χ1n) is 8.09. The van der Waals surface area contributed by atoms with Crippen LogP contribution in [0.3, 0.4) is 0 Å². The molecule has 1 aromatic heterocycles. The molecule has 1 aliphatic carbocycles. The molecule has 0 radical (unpaired) electrons. The van der Waals surface area contributed by atoms with Crippen molar-refractivity contribution in [1.29, 1.82) is 0 Å². The summed E-state index contributed by atoms with van der Waals surface area (Å²) in [5.41, 5.74) is 1.71. The van der Waals surface area contributed by atoms with Gasteiger partial charge in [0.05, 0.1) is 11.5 Å². The molecule has 1 fully saturated rings. The molecule has 120 valence electrons. The van der Waals surface area contributed by atoms with Crippen molar-refractivity contribution in [3.05, 3.63) is 64.9 Å². The van der Waals surface area contributed by atoms with Gasteiger partial charge in [0.2, 0.25) is 5.91 Å². The lowest BCUT2D eigenvalue weighted by molar-refractivity contribution is -0.127. The average Bonchev–Trinajstić information content (AvgIpc) is 3.07. The number of nitrogens with zero attached hydrogens (tertiary/aromatic N) is 1. The van der Waals surface area contributed by atoms with Gasteiger partial charge in [-0.3, -0.25) is 9.78 Å². The maximum Gasteiger partial charge on any atom is 0.231 e. The summed E-state index contributed by atoms with van der Waals surface area (Å²) in [6.07, 6.45) is 7.46. The zero-order chi connectivity index (χ0) is 16.3. The highest BCUT2D eigenvalue weighted by molar-refractivity contribution is 6.30. The minimum absolute atomic E-state index is 0.0322. The largest absolute Gasteiger partial charge is 0.349 e. The number of aromatic nitrogens is 1. The van der Waals surface area contributed by atoms with E-state index in [1.807, 2.05) is 43.3 Å². The Morgan fingerprint density at radius 2 is 1.74 bits per heavy atom. The summed E-state index contributed by atoms with van der Waals surface area (Å²) in [4.78, 5) is 17.1. The number of carbonyl (C=O) groups is 1. The first-order valence-corrected chi connectivity index (χ1v) is 8.46. The van der Waals surface area contributed by atoms with Crippen LogP contribution in [0.25, 0.3) is 0 Å². The highest BCUT2D eigenvalue weighted by Gasteiger charge is 2.42. The van der Waals surface area contributed by atoms with Gasteiger partial charge in [0.15, 0.2) is 0 Å². The first-order chi connectivity index (χ1) is 11.1. The topological polar surface area (TPSA) is 42.0 Å². The van der Waals surface area contributed by atoms with E-state index in [0.29, 0.717) is 5.02 Å². The van der Waals surface area contributed by atoms with Crippen LogP contribution in [-0.4, -0.2) is 10.9 Å². The summed E-state index contributed by atoms with van der Waals surface area (Å²) in [5, 5.41) is 3.89. The van der Waals surface area contributed by atoms with Crippen LogP contribution in [0.2, 0.25) is 5.02 Å². The molecule has 1 N–H and O–H groups in total. The zero-order valence-electron chi connectivity index (χ0n) is 13.3. The lowest BCUT2D eigenvalue weighted by Gasteiger charge is -2.30. The van der Waals surface area contributed by atoms with E-state index in [0.717, 1.165) is 36.8 Å². The van der Waals surface area contributed by atoms with Crippen molar-refractivity contribution in [1.82, 2.24) is 10.3 Å². The second-order valence-electron chi connectivity index (χ2n) is 6.27. The van der Waals surface area contributed by atoms with Gasteiger partial charge in [-0.25, -0.2) is 0 Å². The SMILES string of the molecule is CC(NC(=O)C1(c2ccc(Cl)cc2)CCCC1)c1ccncc1. The molecule has 1 amide bonds. The fourth-order valence-corrected chi connectivity index (χ4v) is 3.59. The van der Waals surface area contributed by atoms with E-state index in [1.54, 1.807) is 12.4 Å². The molecule has 2 aromatic rings. The summed E-state index contributed by atoms with van der Waals surface area (Å²) in [7, 11) is 0. The number of rotatable bonds is 4. The van der Waals surface area contributed by atoms with E-state index in [-0.39, 0.29) is 11.9 Å². The fourth-order valence-electron chi connectivity index (χ4n) is 3.46. The van der Waals surface area contributed by atoms with E-state index in [4.69, 9.17) is 11.6 Å². The third-order valence-corrected chi connectivity index (χ3v) is 5.09. The molecule has 1 atom stereocenters. The van der Waals surface area contributed by atoms with Crippen LogP contribution < -0.4 is 5.32 Å². The number of hydrogen-bond donors (Lipinski definition) is 1. The Kier molecular flexibility index (Phi) is 4.67. The van der Waals surface area contributed by atoms with Crippen LogP contribution in [0.15, 0.2) is 48.8 Å². The molecule has 3 nitrogen and oxygen atoms in total. The number of amides is 1. The molecular weight excluding hydrogens is 308 g/mol. The second kappa shape index (κ2) is 6.71. The predicted molar refractivity (Wildman–Crippen MR) is 92.4 cm³/mol. The van der Waals surface area contributed by atoms with Gasteiger partial charge in [-0.1, -0.05) is 36.6 Å². The van der Waals surface area contributed by atoms with Crippen LogP contribution >= 0.6 is 11.6 Å². The van der Waals surface area contributed by atoms with Crippen molar-refractivity contribution < 1.29 is 4.79 Å². The Hall–Kier alpha value is -1.87. The summed E-state index contributed by atoms with van der Waals surface area (Å²) in [6, 6.07) is 11.6. The summed E-state index contributed by atoms with van der Waals surface area (Å²) >= 11 is 6.00. The minimum Gasteiger partial charge on any atom is -0.349 e. The lowest BCUT2D eigenvalue weighted by Crippen LogP contribution is -2.43. The summed E-state index contributed by atoms with van der Waals surface area (Å²) in [6.45, 7) is 2.01. The van der Waals surface area contributed by atoms with Crippen molar-refractivity contribution in [2.75, 3.05) is 0 Å². The van der Waals surface area contributed by atoms with Crippen LogP contribution in [0, 0.1) is 0 Å². The Morgan fingerprint density at radius 1 is 1.13 bits per heavy atom. The van der Waals surface area contributed by atoms with Gasteiger partial charge in [-0.2, -0.15) is 0 Å². The van der Waals surface area contributed by atoms with Gasteiger partial charge >= 0.3 is 0 Å². The number of halogens is 1. The van der Waals surface area contributed by atoms with Crippen LogP contribution in [0.5, 0.6) is 0 Å². The molecule has 3 rings (SSSR count). The minimum atomic E-state index is -0.425. The highest BCUT2D eigenvalue weighted by atomic mass is 35.5. The second-order valence-corrected chi connectivity index (χ2v) is 6.71. The number of benzene rings is 1. The van der Waals surface area contributed by atoms with Gasteiger partial charge < -0.3 is 5.32 Å². The monoisotopic (exact) mass is 328 g/mol. The Labute approximate surface area is 142 Å². The molecule has 0 bridgehead atoms. The summed E-state index contributed by atoms with van der Waals surface area (Å²) < 4.78 is 0. The zero-order valence-corrected chi connectivity index (χ0v) is 14.0. The van der Waals surface area contributed by atoms with Gasteiger partial charge in [-0.05, 0) is 55.2 Å². The van der Waals surface area contributed by atoms with Gasteiger partial charge in [-0.15, -0.1) is 0 Å². The molecule has 0 aliphatic heterocycles. The van der Waals surface area contributed by atoms with E-state index >= 15 is 0 Å². The fraction of sp³-hybridized carbons (Fsp3) is 0.368. The van der Waals surface area contributed by atoms with Crippen molar-refractivity contribution in [3.63, 3.8) is 0 Å². The molecule has 0 spiro atoms. The van der Waals surface area contributed by atoms with E-state index in [9.17, 15) is 4.79 Å². The quantitative estimate of drug-likeness (QED) is 0.902. The normalized spacial score (nSPS) is 17.7. The van der Waals surface area contributed by atoms with Crippen molar-refractivity contribution in [2.24, 2.45) is 0 Å². The number of pyridine rings is 1. The van der Waals surface area contributed by atoms with Gasteiger partial charge in [0.25, 0.3) is 0 Å². The van der Waals surface area contributed by atoms with E-state index in [2.05, 4.69) is 10.3 Å². The molecule has 1 unspecified atom stereocenters. The summed E-state index contributed by atoms with van der Waals surface area (Å²) in [5.74, 6) is 0.113. The third-order valence-electron chi connectivity index (χ3n) is 4.84. The predicted octanol–water partition coefficient (Wildman–Crippen LogP) is 4.42. The molecule has 4 heteroatoms. The number of nitrogens with one attached hydrogen (secondary N) is 1. The third kappa shape index (κ3) is 3.25. The first kappa shape index (κ1) is 16.0. The highest BCUT2D eigenvalue weighted by Crippen LogP contribution is 2.42. The molecule has 1 aromatic carbocycles. The van der Waals surface area contributed by atoms with E-state index < -0.39 is 5.41 Å². The van der Waals surface area contributed by atoms with Crippen molar-refractivity contribution in [2.45, 2.75) is 44.1 Å².